The van der Waals surface area contributed by atoms with Crippen molar-refractivity contribution < 1.29 is 14.6 Å². The fraction of sp³-hybridized carbons (Fsp3) is 0.600. The minimum atomic E-state index is -0.938. The SMILES string of the molecule is O=C(O)COC1(c2ccncc2Br)CNC2(CCCC2)C1. The lowest BCUT2D eigenvalue weighted by Gasteiger charge is -2.31. The largest absolute Gasteiger partial charge is 0.480 e. The highest BCUT2D eigenvalue weighted by Gasteiger charge is 2.51. The van der Waals surface area contributed by atoms with Gasteiger partial charge in [-0.25, -0.2) is 4.79 Å². The molecule has 2 aliphatic rings. The summed E-state index contributed by atoms with van der Waals surface area (Å²) in [5.41, 5.74) is 0.487. The van der Waals surface area contributed by atoms with Gasteiger partial charge in [-0.3, -0.25) is 4.98 Å². The van der Waals surface area contributed by atoms with Crippen LogP contribution in [0.4, 0.5) is 0 Å². The van der Waals surface area contributed by atoms with Crippen LogP contribution in [0.3, 0.4) is 0 Å². The molecule has 1 aromatic rings. The van der Waals surface area contributed by atoms with E-state index in [9.17, 15) is 4.79 Å². The monoisotopic (exact) mass is 354 g/mol. The van der Waals surface area contributed by atoms with Crippen LogP contribution in [0.2, 0.25) is 0 Å². The van der Waals surface area contributed by atoms with E-state index >= 15 is 0 Å². The zero-order valence-corrected chi connectivity index (χ0v) is 13.4. The van der Waals surface area contributed by atoms with Crippen molar-refractivity contribution in [3.63, 3.8) is 0 Å². The number of nitrogens with one attached hydrogen (secondary N) is 1. The molecular formula is C15H19BrN2O3. The lowest BCUT2D eigenvalue weighted by Crippen LogP contribution is -2.35. The van der Waals surface area contributed by atoms with Crippen LogP contribution in [0, 0.1) is 0 Å². The zero-order chi connectivity index (χ0) is 14.9. The van der Waals surface area contributed by atoms with Crippen LogP contribution in [0.5, 0.6) is 0 Å². The van der Waals surface area contributed by atoms with E-state index in [0.29, 0.717) is 6.54 Å². The van der Waals surface area contributed by atoms with Crippen LogP contribution < -0.4 is 5.32 Å². The molecule has 1 atom stereocenters. The van der Waals surface area contributed by atoms with Crippen LogP contribution in [-0.2, 0) is 15.1 Å². The summed E-state index contributed by atoms with van der Waals surface area (Å²) in [7, 11) is 0. The molecule has 0 aromatic carbocycles. The molecule has 1 saturated carbocycles. The van der Waals surface area contributed by atoms with Crippen molar-refractivity contribution in [3.05, 3.63) is 28.5 Å². The normalized spacial score (nSPS) is 27.3. The van der Waals surface area contributed by atoms with Crippen molar-refractivity contribution >= 4 is 21.9 Å². The quantitative estimate of drug-likeness (QED) is 0.868. The first-order chi connectivity index (χ1) is 10.1. The van der Waals surface area contributed by atoms with Gasteiger partial charge in [-0.2, -0.15) is 0 Å². The number of aromatic nitrogens is 1. The smallest absolute Gasteiger partial charge is 0.329 e. The average molecular weight is 355 g/mol. The number of aliphatic carboxylic acids is 1. The Bertz CT molecular complexity index is 545. The molecule has 1 aliphatic heterocycles. The summed E-state index contributed by atoms with van der Waals surface area (Å²) in [5, 5.41) is 12.6. The number of carboxylic acid groups (broad SMARTS) is 1. The average Bonchev–Trinajstić information content (AvgIpc) is 3.06. The predicted octanol–water partition coefficient (Wildman–Crippen LogP) is 2.45. The molecule has 2 fully saturated rings. The van der Waals surface area contributed by atoms with E-state index in [1.54, 1.807) is 12.4 Å². The Morgan fingerprint density at radius 1 is 1.48 bits per heavy atom. The highest BCUT2D eigenvalue weighted by Crippen LogP contribution is 2.47. The molecule has 0 amide bonds. The fourth-order valence-corrected chi connectivity index (χ4v) is 4.33. The van der Waals surface area contributed by atoms with Gasteiger partial charge in [0, 0.05) is 40.9 Å². The summed E-state index contributed by atoms with van der Waals surface area (Å²) in [5.74, 6) is -0.938. The second-order valence-electron chi connectivity index (χ2n) is 6.05. The van der Waals surface area contributed by atoms with E-state index in [1.165, 1.54) is 12.8 Å². The van der Waals surface area contributed by atoms with Gasteiger partial charge in [-0.05, 0) is 34.8 Å². The van der Waals surface area contributed by atoms with E-state index in [1.807, 2.05) is 6.07 Å². The number of rotatable bonds is 4. The van der Waals surface area contributed by atoms with Gasteiger partial charge in [0.15, 0.2) is 0 Å². The van der Waals surface area contributed by atoms with Gasteiger partial charge in [0.1, 0.15) is 12.2 Å². The number of hydrogen-bond acceptors (Lipinski definition) is 4. The maximum atomic E-state index is 11.0. The third-order valence-electron chi connectivity index (χ3n) is 4.67. The third kappa shape index (κ3) is 2.84. The Labute approximate surface area is 132 Å². The van der Waals surface area contributed by atoms with Gasteiger partial charge in [-0.1, -0.05) is 12.8 Å². The number of carboxylic acids is 1. The lowest BCUT2D eigenvalue weighted by molar-refractivity contribution is -0.149. The molecular weight excluding hydrogens is 336 g/mol. The zero-order valence-electron chi connectivity index (χ0n) is 11.8. The summed E-state index contributed by atoms with van der Waals surface area (Å²) in [6, 6.07) is 1.92. The minimum absolute atomic E-state index is 0.0984. The number of ether oxygens (including phenoxy) is 1. The van der Waals surface area contributed by atoms with Crippen molar-refractivity contribution in [2.24, 2.45) is 0 Å². The molecule has 1 spiro atoms. The second-order valence-corrected chi connectivity index (χ2v) is 6.90. The fourth-order valence-electron chi connectivity index (χ4n) is 3.72. The maximum absolute atomic E-state index is 11.0. The predicted molar refractivity (Wildman–Crippen MR) is 81.0 cm³/mol. The molecule has 0 bridgehead atoms. The summed E-state index contributed by atoms with van der Waals surface area (Å²) in [4.78, 5) is 15.1. The highest BCUT2D eigenvalue weighted by molar-refractivity contribution is 9.10. The van der Waals surface area contributed by atoms with Gasteiger partial charge >= 0.3 is 5.97 Å². The van der Waals surface area contributed by atoms with Gasteiger partial charge < -0.3 is 15.2 Å². The Kier molecular flexibility index (Phi) is 4.03. The van der Waals surface area contributed by atoms with E-state index in [2.05, 4.69) is 26.2 Å². The number of nitrogens with zero attached hydrogens (tertiary/aromatic N) is 1. The Balaban J connectivity index is 1.93. The number of hydrogen-bond donors (Lipinski definition) is 2. The van der Waals surface area contributed by atoms with Gasteiger partial charge in [0.2, 0.25) is 0 Å². The first-order valence-corrected chi connectivity index (χ1v) is 8.05. The summed E-state index contributed by atoms with van der Waals surface area (Å²) >= 11 is 3.53. The maximum Gasteiger partial charge on any atom is 0.329 e. The van der Waals surface area contributed by atoms with Crippen molar-refractivity contribution in [1.82, 2.24) is 10.3 Å². The van der Waals surface area contributed by atoms with Crippen LogP contribution in [0.25, 0.3) is 0 Å². The molecule has 1 aromatic heterocycles. The molecule has 1 saturated heterocycles. The first kappa shape index (κ1) is 14.9. The van der Waals surface area contributed by atoms with E-state index in [-0.39, 0.29) is 12.1 Å². The Hall–Kier alpha value is -0.980. The van der Waals surface area contributed by atoms with Crippen molar-refractivity contribution in [1.29, 1.82) is 0 Å². The number of pyridine rings is 1. The van der Waals surface area contributed by atoms with Gasteiger partial charge in [0.05, 0.1) is 0 Å². The molecule has 2 heterocycles. The lowest BCUT2D eigenvalue weighted by atomic mass is 9.84. The van der Waals surface area contributed by atoms with Crippen molar-refractivity contribution in [2.75, 3.05) is 13.2 Å². The molecule has 2 N–H and O–H groups in total. The Morgan fingerprint density at radius 3 is 2.90 bits per heavy atom. The van der Waals surface area contributed by atoms with E-state index < -0.39 is 11.6 Å². The molecule has 5 nitrogen and oxygen atoms in total. The molecule has 6 heteroatoms. The number of halogens is 1. The van der Waals surface area contributed by atoms with Crippen LogP contribution in [-0.4, -0.2) is 34.8 Å². The van der Waals surface area contributed by atoms with Crippen LogP contribution in [0.1, 0.15) is 37.7 Å². The van der Waals surface area contributed by atoms with Crippen LogP contribution in [0.15, 0.2) is 22.9 Å². The summed E-state index contributed by atoms with van der Waals surface area (Å²) < 4.78 is 6.75. The standard InChI is InChI=1S/C15H19BrN2O3/c16-12-7-17-6-3-11(12)15(21-8-13(19)20)9-14(18-10-15)4-1-2-5-14/h3,6-7,18H,1-2,4-5,8-10H2,(H,19,20). The highest BCUT2D eigenvalue weighted by atomic mass is 79.9. The molecule has 114 valence electrons. The first-order valence-electron chi connectivity index (χ1n) is 7.26. The molecule has 3 rings (SSSR count). The van der Waals surface area contributed by atoms with Crippen molar-refractivity contribution in [2.45, 2.75) is 43.2 Å². The Morgan fingerprint density at radius 2 is 2.24 bits per heavy atom. The van der Waals surface area contributed by atoms with E-state index in [4.69, 9.17) is 9.84 Å². The second kappa shape index (κ2) is 5.66. The number of carbonyl (C=O) groups is 1. The van der Waals surface area contributed by atoms with E-state index in [0.717, 1.165) is 29.3 Å². The molecule has 1 unspecified atom stereocenters. The van der Waals surface area contributed by atoms with Crippen LogP contribution >= 0.6 is 15.9 Å². The summed E-state index contributed by atoms with van der Waals surface area (Å²) in [6.45, 7) is 0.357. The third-order valence-corrected chi connectivity index (χ3v) is 5.30. The van der Waals surface area contributed by atoms with Gasteiger partial charge in [-0.15, -0.1) is 0 Å². The molecule has 0 radical (unpaired) electrons. The summed E-state index contributed by atoms with van der Waals surface area (Å²) in [6.07, 6.45) is 8.99. The van der Waals surface area contributed by atoms with Gasteiger partial charge in [0.25, 0.3) is 0 Å². The topological polar surface area (TPSA) is 71.5 Å². The molecule has 1 aliphatic carbocycles. The molecule has 21 heavy (non-hydrogen) atoms. The minimum Gasteiger partial charge on any atom is -0.480 e. The van der Waals surface area contributed by atoms with Crippen molar-refractivity contribution in [3.8, 4) is 0 Å².